The molecule has 1 N–H and O–H groups in total. The first-order chi connectivity index (χ1) is 13.9. The molecule has 5 rings (SSSR count). The number of anilines is 1. The molecule has 136 valence electrons. The van der Waals surface area contributed by atoms with Gasteiger partial charge in [0, 0.05) is 5.39 Å². The Morgan fingerprint density at radius 2 is 1.71 bits per heavy atom. The molecule has 6 heteroatoms. The van der Waals surface area contributed by atoms with Crippen molar-refractivity contribution in [2.75, 3.05) is 5.43 Å². The van der Waals surface area contributed by atoms with Crippen LogP contribution in [-0.4, -0.2) is 11.2 Å². The summed E-state index contributed by atoms with van der Waals surface area (Å²) in [5.74, 6) is 1.11. The number of hydrogen-bond acceptors (Lipinski definition) is 6. The molecule has 5 aromatic rings. The van der Waals surface area contributed by atoms with Crippen molar-refractivity contribution in [3.63, 3.8) is 0 Å². The fourth-order valence-corrected chi connectivity index (χ4v) is 3.72. The van der Waals surface area contributed by atoms with Gasteiger partial charge in [-0.1, -0.05) is 59.9 Å². The summed E-state index contributed by atoms with van der Waals surface area (Å²) in [4.78, 5) is 4.52. The quantitative estimate of drug-likeness (QED) is 0.286. The van der Waals surface area contributed by atoms with Crippen LogP contribution in [0.1, 0.15) is 5.56 Å². The third-order valence-electron chi connectivity index (χ3n) is 4.20. The Kier molecular flexibility index (Phi) is 4.23. The lowest BCUT2D eigenvalue weighted by Gasteiger charge is -2.02. The van der Waals surface area contributed by atoms with Crippen LogP contribution in [0.5, 0.6) is 11.7 Å². The van der Waals surface area contributed by atoms with Gasteiger partial charge in [0.1, 0.15) is 11.3 Å². The van der Waals surface area contributed by atoms with E-state index in [2.05, 4.69) is 15.5 Å². The van der Waals surface area contributed by atoms with Crippen molar-refractivity contribution in [3.8, 4) is 11.7 Å². The second kappa shape index (κ2) is 7.17. The van der Waals surface area contributed by atoms with Gasteiger partial charge >= 0.3 is 0 Å². The Morgan fingerprint density at radius 1 is 0.929 bits per heavy atom. The minimum Gasteiger partial charge on any atom is -0.426 e. The van der Waals surface area contributed by atoms with Crippen LogP contribution in [0.4, 0.5) is 5.13 Å². The second-order valence-corrected chi connectivity index (χ2v) is 7.10. The van der Waals surface area contributed by atoms with E-state index in [1.807, 2.05) is 78.9 Å². The summed E-state index contributed by atoms with van der Waals surface area (Å²) in [6, 6.07) is 25.3. The molecule has 0 radical (unpaired) electrons. The van der Waals surface area contributed by atoms with E-state index in [9.17, 15) is 0 Å². The van der Waals surface area contributed by atoms with Crippen LogP contribution in [0.3, 0.4) is 0 Å². The first kappa shape index (κ1) is 16.5. The summed E-state index contributed by atoms with van der Waals surface area (Å²) >= 11 is 1.55. The van der Waals surface area contributed by atoms with E-state index >= 15 is 0 Å². The highest BCUT2D eigenvalue weighted by Crippen LogP contribution is 2.33. The molecule has 0 saturated heterocycles. The molecule has 0 spiro atoms. The number of thiazole rings is 1. The standard InChI is InChI=1S/C22H15N3O2S/c1-2-8-15(9-3-1)26-21-17(16-10-4-6-12-19(16)27-21)14-23-25-22-24-18-11-5-7-13-20(18)28-22/h1-14H,(H,24,25)/b23-14+. The zero-order valence-electron chi connectivity index (χ0n) is 14.7. The Hall–Kier alpha value is -3.64. The molecule has 2 heterocycles. The maximum absolute atomic E-state index is 5.95. The van der Waals surface area contributed by atoms with E-state index in [4.69, 9.17) is 9.15 Å². The van der Waals surface area contributed by atoms with Gasteiger partial charge in [-0.05, 0) is 30.3 Å². The lowest BCUT2D eigenvalue weighted by Crippen LogP contribution is -1.91. The average Bonchev–Trinajstić information content (AvgIpc) is 3.30. The van der Waals surface area contributed by atoms with Crippen molar-refractivity contribution in [2.45, 2.75) is 0 Å². The van der Waals surface area contributed by atoms with E-state index in [1.54, 1.807) is 17.6 Å². The molecule has 0 amide bonds. The van der Waals surface area contributed by atoms with Crippen LogP contribution in [0, 0.1) is 0 Å². The lowest BCUT2D eigenvalue weighted by molar-refractivity contribution is 0.360. The van der Waals surface area contributed by atoms with Gasteiger partial charge in [-0.25, -0.2) is 4.98 Å². The number of furan rings is 1. The molecule has 0 unspecified atom stereocenters. The van der Waals surface area contributed by atoms with Crippen molar-refractivity contribution in [3.05, 3.63) is 84.4 Å². The summed E-state index contributed by atoms with van der Waals surface area (Å²) in [5.41, 5.74) is 5.48. The van der Waals surface area contributed by atoms with Gasteiger partial charge in [0.15, 0.2) is 0 Å². The predicted molar refractivity (Wildman–Crippen MR) is 114 cm³/mol. The first-order valence-corrected chi connectivity index (χ1v) is 9.57. The number of rotatable bonds is 5. The van der Waals surface area contributed by atoms with Gasteiger partial charge in [0.05, 0.1) is 22.0 Å². The molecule has 0 aliphatic carbocycles. The molecule has 0 aliphatic heterocycles. The molecular formula is C22H15N3O2S. The average molecular weight is 385 g/mol. The highest BCUT2D eigenvalue weighted by Gasteiger charge is 2.14. The molecule has 3 aromatic carbocycles. The highest BCUT2D eigenvalue weighted by atomic mass is 32.1. The fraction of sp³-hybridized carbons (Fsp3) is 0. The summed E-state index contributed by atoms with van der Waals surface area (Å²) in [6.45, 7) is 0. The van der Waals surface area contributed by atoms with Crippen molar-refractivity contribution < 1.29 is 9.15 Å². The number of nitrogens with one attached hydrogen (secondary N) is 1. The van der Waals surface area contributed by atoms with E-state index in [0.29, 0.717) is 11.7 Å². The molecule has 0 fully saturated rings. The highest BCUT2D eigenvalue weighted by molar-refractivity contribution is 7.22. The fourth-order valence-electron chi connectivity index (χ4n) is 2.91. The van der Waals surface area contributed by atoms with Gasteiger partial charge in [0.25, 0.3) is 5.95 Å². The van der Waals surface area contributed by atoms with E-state index in [0.717, 1.165) is 31.9 Å². The number of fused-ring (bicyclic) bond motifs is 2. The largest absolute Gasteiger partial charge is 0.426 e. The first-order valence-electron chi connectivity index (χ1n) is 8.76. The van der Waals surface area contributed by atoms with Crippen molar-refractivity contribution in [1.29, 1.82) is 0 Å². The zero-order valence-corrected chi connectivity index (χ0v) is 15.5. The normalized spacial score (nSPS) is 11.4. The number of benzene rings is 3. The number of nitrogens with zero attached hydrogens (tertiary/aromatic N) is 2. The second-order valence-electron chi connectivity index (χ2n) is 6.07. The molecule has 0 aliphatic rings. The number of para-hydroxylation sites is 3. The minimum atomic E-state index is 0.405. The van der Waals surface area contributed by atoms with Crippen LogP contribution < -0.4 is 10.2 Å². The molecule has 0 bridgehead atoms. The number of hydrazone groups is 1. The number of hydrogen-bond donors (Lipinski definition) is 1. The topological polar surface area (TPSA) is 59.7 Å². The molecule has 2 aromatic heterocycles. The van der Waals surface area contributed by atoms with E-state index in [-0.39, 0.29) is 0 Å². The smallest absolute Gasteiger partial charge is 0.300 e. The van der Waals surface area contributed by atoms with Crippen LogP contribution in [0.2, 0.25) is 0 Å². The summed E-state index contributed by atoms with van der Waals surface area (Å²) in [6.07, 6.45) is 1.70. The van der Waals surface area contributed by atoms with Gasteiger partial charge in [-0.15, -0.1) is 0 Å². The summed E-state index contributed by atoms with van der Waals surface area (Å²) in [5, 5.41) is 6.03. The Balaban J connectivity index is 1.46. The molecule has 5 nitrogen and oxygen atoms in total. The van der Waals surface area contributed by atoms with Crippen LogP contribution in [0.15, 0.2) is 88.4 Å². The SMILES string of the molecule is C(=N\Nc1nc2ccccc2s1)/c1c(Oc2ccccc2)oc2ccccc12. The third kappa shape index (κ3) is 3.21. The maximum atomic E-state index is 5.95. The Labute approximate surface area is 164 Å². The molecular weight excluding hydrogens is 370 g/mol. The van der Waals surface area contributed by atoms with Crippen molar-refractivity contribution >= 4 is 43.9 Å². The summed E-state index contributed by atoms with van der Waals surface area (Å²) in [7, 11) is 0. The maximum Gasteiger partial charge on any atom is 0.300 e. The predicted octanol–water partition coefficient (Wildman–Crippen LogP) is 6.28. The Morgan fingerprint density at radius 3 is 2.61 bits per heavy atom. The minimum absolute atomic E-state index is 0.405. The Bertz CT molecular complexity index is 1240. The third-order valence-corrected chi connectivity index (χ3v) is 5.14. The van der Waals surface area contributed by atoms with Crippen LogP contribution in [-0.2, 0) is 0 Å². The lowest BCUT2D eigenvalue weighted by atomic mass is 10.2. The van der Waals surface area contributed by atoms with E-state index in [1.165, 1.54) is 0 Å². The molecule has 28 heavy (non-hydrogen) atoms. The van der Waals surface area contributed by atoms with E-state index < -0.39 is 0 Å². The van der Waals surface area contributed by atoms with Crippen LogP contribution in [0.25, 0.3) is 21.2 Å². The number of ether oxygens (including phenoxy) is 1. The van der Waals surface area contributed by atoms with Gasteiger partial charge < -0.3 is 9.15 Å². The monoisotopic (exact) mass is 385 g/mol. The number of aromatic nitrogens is 1. The zero-order chi connectivity index (χ0) is 18.8. The van der Waals surface area contributed by atoms with Gasteiger partial charge in [0.2, 0.25) is 5.13 Å². The van der Waals surface area contributed by atoms with Crippen molar-refractivity contribution in [2.24, 2.45) is 5.10 Å². The van der Waals surface area contributed by atoms with Crippen molar-refractivity contribution in [1.82, 2.24) is 4.98 Å². The van der Waals surface area contributed by atoms with Crippen LogP contribution >= 0.6 is 11.3 Å². The molecule has 0 atom stereocenters. The summed E-state index contributed by atoms with van der Waals surface area (Å²) < 4.78 is 13.0. The van der Waals surface area contributed by atoms with Gasteiger partial charge in [-0.2, -0.15) is 5.10 Å². The molecule has 0 saturated carbocycles. The van der Waals surface area contributed by atoms with Gasteiger partial charge in [-0.3, -0.25) is 5.43 Å².